The van der Waals surface area contributed by atoms with Crippen molar-refractivity contribution in [2.24, 2.45) is 0 Å². The summed E-state index contributed by atoms with van der Waals surface area (Å²) in [5.41, 5.74) is 3.06. The van der Waals surface area contributed by atoms with Crippen molar-refractivity contribution in [3.63, 3.8) is 0 Å². The molecule has 1 aromatic carbocycles. The summed E-state index contributed by atoms with van der Waals surface area (Å²) in [4.78, 5) is 12.9. The Morgan fingerprint density at radius 2 is 1.68 bits per heavy atom. The monoisotopic (exact) mass is 435 g/mol. The second-order valence-corrected chi connectivity index (χ2v) is 7.54. The fourth-order valence-electron chi connectivity index (χ4n) is 2.86. The van der Waals surface area contributed by atoms with E-state index in [0.29, 0.717) is 26.7 Å². The highest BCUT2D eigenvalue weighted by Gasteiger charge is 2.10. The molecule has 146 valence electrons. The van der Waals surface area contributed by atoms with Gasteiger partial charge in [-0.25, -0.2) is 15.0 Å². The first kappa shape index (κ1) is 20.8. The Morgan fingerprint density at radius 1 is 0.964 bits per heavy atom. The van der Waals surface area contributed by atoms with Crippen LogP contribution >= 0.6 is 34.8 Å². The van der Waals surface area contributed by atoms with Crippen LogP contribution in [0.4, 0.5) is 0 Å². The van der Waals surface area contributed by atoms with Crippen molar-refractivity contribution in [3.05, 3.63) is 74.5 Å². The van der Waals surface area contributed by atoms with Crippen LogP contribution in [0.15, 0.2) is 36.5 Å². The molecule has 0 atom stereocenters. The van der Waals surface area contributed by atoms with Gasteiger partial charge < -0.3 is 4.74 Å². The van der Waals surface area contributed by atoms with Crippen LogP contribution in [0.1, 0.15) is 36.1 Å². The Morgan fingerprint density at radius 3 is 2.36 bits per heavy atom. The zero-order chi connectivity index (χ0) is 20.1. The lowest BCUT2D eigenvalue weighted by Crippen LogP contribution is -2.03. The molecule has 4 nitrogen and oxygen atoms in total. The number of halogens is 3. The second-order valence-electron chi connectivity index (χ2n) is 6.37. The first-order valence-corrected chi connectivity index (χ1v) is 10.2. The van der Waals surface area contributed by atoms with Crippen molar-refractivity contribution in [2.45, 2.75) is 39.5 Å². The van der Waals surface area contributed by atoms with Gasteiger partial charge in [-0.2, -0.15) is 0 Å². The summed E-state index contributed by atoms with van der Waals surface area (Å²) in [6, 6.07) is 9.46. The minimum atomic E-state index is 0.331. The minimum Gasteiger partial charge on any atom is -0.454 e. The molecule has 0 saturated heterocycles. The number of hydrogen-bond donors (Lipinski definition) is 0. The Bertz CT molecular complexity index is 962. The molecular formula is C21H20Cl3N3O. The average Bonchev–Trinajstić information content (AvgIpc) is 2.67. The highest BCUT2D eigenvalue weighted by Crippen LogP contribution is 2.30. The highest BCUT2D eigenvalue weighted by molar-refractivity contribution is 6.34. The van der Waals surface area contributed by atoms with Crippen molar-refractivity contribution in [2.75, 3.05) is 0 Å². The zero-order valence-electron chi connectivity index (χ0n) is 15.7. The van der Waals surface area contributed by atoms with Gasteiger partial charge in [-0.05, 0) is 56.4 Å². The number of aryl methyl sites for hydroxylation is 4. The molecule has 0 spiro atoms. The Balaban J connectivity index is 1.58. The quantitative estimate of drug-likeness (QED) is 0.388. The standard InChI is InChI=1S/C21H20Cl3N3O/c1-3-17-21(24)18(27-13(2)26-17)6-4-5-14-7-9-15(10-8-14)28-19-12-25-20(23)11-16(19)22/h7-12H,3-6H2,1-2H3. The lowest BCUT2D eigenvalue weighted by atomic mass is 10.1. The molecular weight excluding hydrogens is 417 g/mol. The van der Waals surface area contributed by atoms with Gasteiger partial charge in [0.2, 0.25) is 0 Å². The van der Waals surface area contributed by atoms with Gasteiger partial charge in [0.25, 0.3) is 0 Å². The van der Waals surface area contributed by atoms with Crippen LogP contribution in [0.5, 0.6) is 11.5 Å². The molecule has 28 heavy (non-hydrogen) atoms. The Hall–Kier alpha value is -1.88. The highest BCUT2D eigenvalue weighted by atomic mass is 35.5. The number of benzene rings is 1. The van der Waals surface area contributed by atoms with Crippen LogP contribution in [0.25, 0.3) is 0 Å². The summed E-state index contributed by atoms with van der Waals surface area (Å²) in [6.45, 7) is 3.95. The summed E-state index contributed by atoms with van der Waals surface area (Å²) in [5.74, 6) is 1.93. The summed E-state index contributed by atoms with van der Waals surface area (Å²) >= 11 is 18.3. The van der Waals surface area contributed by atoms with Gasteiger partial charge >= 0.3 is 0 Å². The molecule has 0 bridgehead atoms. The van der Waals surface area contributed by atoms with Crippen molar-refractivity contribution in [3.8, 4) is 11.5 Å². The van der Waals surface area contributed by atoms with E-state index >= 15 is 0 Å². The van der Waals surface area contributed by atoms with Crippen molar-refractivity contribution < 1.29 is 4.74 Å². The normalized spacial score (nSPS) is 10.9. The molecule has 0 unspecified atom stereocenters. The van der Waals surface area contributed by atoms with Crippen LogP contribution in [0.2, 0.25) is 15.2 Å². The van der Waals surface area contributed by atoms with Crippen LogP contribution in [0, 0.1) is 6.92 Å². The van der Waals surface area contributed by atoms with E-state index in [2.05, 4.69) is 15.0 Å². The van der Waals surface area contributed by atoms with Crippen LogP contribution < -0.4 is 4.74 Å². The third-order valence-electron chi connectivity index (χ3n) is 4.25. The number of hydrogen-bond acceptors (Lipinski definition) is 4. The smallest absolute Gasteiger partial charge is 0.164 e. The molecule has 3 aromatic rings. The molecule has 0 aliphatic heterocycles. The average molecular weight is 437 g/mol. The van der Waals surface area contributed by atoms with E-state index in [0.717, 1.165) is 42.9 Å². The third kappa shape index (κ3) is 5.34. The first-order valence-electron chi connectivity index (χ1n) is 9.06. The van der Waals surface area contributed by atoms with Crippen molar-refractivity contribution in [1.82, 2.24) is 15.0 Å². The van der Waals surface area contributed by atoms with Crippen LogP contribution in [0.3, 0.4) is 0 Å². The molecule has 3 rings (SSSR count). The molecule has 0 fully saturated rings. The van der Waals surface area contributed by atoms with E-state index in [-0.39, 0.29) is 0 Å². The van der Waals surface area contributed by atoms with Crippen LogP contribution in [-0.4, -0.2) is 15.0 Å². The molecule has 2 heterocycles. The molecule has 0 amide bonds. The minimum absolute atomic E-state index is 0.331. The largest absolute Gasteiger partial charge is 0.454 e. The molecule has 0 aliphatic rings. The third-order valence-corrected chi connectivity index (χ3v) is 5.19. The number of rotatable bonds is 7. The lowest BCUT2D eigenvalue weighted by molar-refractivity contribution is 0.480. The van der Waals surface area contributed by atoms with E-state index in [9.17, 15) is 0 Å². The van der Waals surface area contributed by atoms with Gasteiger partial charge in [-0.15, -0.1) is 0 Å². The van der Waals surface area contributed by atoms with Gasteiger partial charge in [0, 0.05) is 0 Å². The fourth-order valence-corrected chi connectivity index (χ4v) is 3.58. The summed E-state index contributed by atoms with van der Waals surface area (Å²) in [5, 5.41) is 1.45. The number of aromatic nitrogens is 3. The van der Waals surface area contributed by atoms with Crippen molar-refractivity contribution in [1.29, 1.82) is 0 Å². The van der Waals surface area contributed by atoms with Crippen LogP contribution in [-0.2, 0) is 19.3 Å². The second kappa shape index (κ2) is 9.55. The number of pyridine rings is 1. The maximum atomic E-state index is 6.42. The summed E-state index contributed by atoms with van der Waals surface area (Å²) < 4.78 is 5.76. The van der Waals surface area contributed by atoms with Gasteiger partial charge in [0.05, 0.1) is 27.6 Å². The lowest BCUT2D eigenvalue weighted by Gasteiger charge is -2.10. The molecule has 0 saturated carbocycles. The van der Waals surface area contributed by atoms with Gasteiger partial charge in [-0.1, -0.05) is 53.9 Å². The zero-order valence-corrected chi connectivity index (χ0v) is 17.9. The van der Waals surface area contributed by atoms with E-state index in [1.54, 1.807) is 6.07 Å². The maximum absolute atomic E-state index is 6.42. The van der Waals surface area contributed by atoms with Crippen molar-refractivity contribution >= 4 is 34.8 Å². The predicted octanol–water partition coefficient (Wildman–Crippen LogP) is 6.67. The number of nitrogens with zero attached hydrogens (tertiary/aromatic N) is 3. The maximum Gasteiger partial charge on any atom is 0.164 e. The number of ether oxygens (including phenoxy) is 1. The summed E-state index contributed by atoms with van der Waals surface area (Å²) in [6.07, 6.45) is 5.01. The molecule has 2 aromatic heterocycles. The molecule has 7 heteroatoms. The van der Waals surface area contributed by atoms with E-state index in [4.69, 9.17) is 39.5 Å². The Labute approximate surface area is 179 Å². The van der Waals surface area contributed by atoms with E-state index in [1.807, 2.05) is 38.1 Å². The molecule has 0 aliphatic carbocycles. The molecule has 0 N–H and O–H groups in total. The fraction of sp³-hybridized carbons (Fsp3) is 0.286. The predicted molar refractivity (Wildman–Crippen MR) is 114 cm³/mol. The van der Waals surface area contributed by atoms with E-state index in [1.165, 1.54) is 11.8 Å². The van der Waals surface area contributed by atoms with Gasteiger partial charge in [-0.3, -0.25) is 0 Å². The molecule has 0 radical (unpaired) electrons. The van der Waals surface area contributed by atoms with Gasteiger partial charge in [0.15, 0.2) is 5.75 Å². The summed E-state index contributed by atoms with van der Waals surface area (Å²) in [7, 11) is 0. The van der Waals surface area contributed by atoms with E-state index < -0.39 is 0 Å². The van der Waals surface area contributed by atoms with Gasteiger partial charge in [0.1, 0.15) is 16.7 Å². The SMILES string of the molecule is CCc1nc(C)nc(CCCc2ccc(Oc3cnc(Cl)cc3Cl)cc2)c1Cl. The topological polar surface area (TPSA) is 47.9 Å². The first-order chi connectivity index (χ1) is 13.5. The Kier molecular flexibility index (Phi) is 7.11.